The summed E-state index contributed by atoms with van der Waals surface area (Å²) in [6, 6.07) is 20.3. The van der Waals surface area contributed by atoms with Crippen molar-refractivity contribution in [2.24, 2.45) is 10.9 Å². The van der Waals surface area contributed by atoms with Crippen LogP contribution in [0.3, 0.4) is 0 Å². The van der Waals surface area contributed by atoms with E-state index >= 15 is 0 Å². The maximum Gasteiger partial charge on any atom is 0.170 e. The van der Waals surface area contributed by atoms with Gasteiger partial charge >= 0.3 is 0 Å². The van der Waals surface area contributed by atoms with E-state index in [0.717, 1.165) is 43.2 Å². The highest BCUT2D eigenvalue weighted by Crippen LogP contribution is 2.29. The summed E-state index contributed by atoms with van der Waals surface area (Å²) in [5.74, 6) is 1.49. The van der Waals surface area contributed by atoms with Crippen LogP contribution in [0.2, 0.25) is 0 Å². The zero-order chi connectivity index (χ0) is 23.2. The van der Waals surface area contributed by atoms with E-state index in [-0.39, 0.29) is 12.2 Å². The van der Waals surface area contributed by atoms with Gasteiger partial charge in [0.1, 0.15) is 12.4 Å². The zero-order valence-electron chi connectivity index (χ0n) is 19.3. The van der Waals surface area contributed by atoms with E-state index in [9.17, 15) is 4.79 Å². The summed E-state index contributed by atoms with van der Waals surface area (Å²) in [7, 11) is 0. The van der Waals surface area contributed by atoms with Crippen LogP contribution >= 0.6 is 0 Å². The van der Waals surface area contributed by atoms with Gasteiger partial charge in [0, 0.05) is 18.3 Å². The highest BCUT2D eigenvalue weighted by Gasteiger charge is 2.23. The van der Waals surface area contributed by atoms with E-state index in [2.05, 4.69) is 52.0 Å². The van der Waals surface area contributed by atoms with Gasteiger partial charge in [0.05, 0.1) is 23.5 Å². The predicted octanol–water partition coefficient (Wildman–Crippen LogP) is 4.11. The number of rotatable bonds is 9. The minimum Gasteiger partial charge on any atom is -0.488 e. The fourth-order valence-electron chi connectivity index (χ4n) is 4.52. The molecular formula is C28H30N4O2. The van der Waals surface area contributed by atoms with Gasteiger partial charge in [-0.25, -0.2) is 0 Å². The fraction of sp³-hybridized carbons (Fsp3) is 0.321. The molecule has 0 bridgehead atoms. The Kier molecular flexibility index (Phi) is 7.08. The topological polar surface area (TPSA) is 75.6 Å². The van der Waals surface area contributed by atoms with Crippen LogP contribution < -0.4 is 15.4 Å². The van der Waals surface area contributed by atoms with Crippen molar-refractivity contribution in [2.45, 2.75) is 25.8 Å². The molecule has 0 radical (unpaired) electrons. The molecule has 1 fully saturated rings. The number of hydrogen-bond donors (Lipinski definition) is 2. The van der Waals surface area contributed by atoms with E-state index in [4.69, 9.17) is 9.73 Å². The van der Waals surface area contributed by atoms with Crippen molar-refractivity contribution in [3.8, 4) is 5.75 Å². The molecule has 0 saturated carbocycles. The number of fused-ring (bicyclic) bond motifs is 1. The number of ketones is 1. The Labute approximate surface area is 200 Å². The molecule has 0 aliphatic carbocycles. The molecule has 0 spiro atoms. The number of Topliss-reactive ketones (excluding diaryl/α,β-unsaturated/α-hetero) is 1. The van der Waals surface area contributed by atoms with Gasteiger partial charge in [-0.1, -0.05) is 42.5 Å². The number of carbonyl (C=O) groups excluding carboxylic acids is 1. The number of ether oxygens (including phenoxy) is 1. The molecular weight excluding hydrogens is 424 g/mol. The number of pyridine rings is 1. The standard InChI is InChI=1S/C28H30N4O2/c33-27-15-23(19-34-24-8-6-21(7-9-24)14-20-4-2-1-3-5-20)32-28-25(27)11-13-31-26(28)18-30-17-22-10-12-29-16-22/h1-9,11,13,22,29-30H,10,12,14-19H2/t22-/m1/s1. The summed E-state index contributed by atoms with van der Waals surface area (Å²) >= 11 is 0. The van der Waals surface area contributed by atoms with E-state index < -0.39 is 0 Å². The van der Waals surface area contributed by atoms with E-state index in [0.29, 0.717) is 30.3 Å². The van der Waals surface area contributed by atoms with Crippen molar-refractivity contribution in [1.82, 2.24) is 15.6 Å². The molecule has 2 aliphatic heterocycles. The van der Waals surface area contributed by atoms with Crippen molar-refractivity contribution in [3.05, 3.63) is 89.2 Å². The summed E-state index contributed by atoms with van der Waals surface area (Å²) in [6.07, 6.45) is 4.07. The summed E-state index contributed by atoms with van der Waals surface area (Å²) in [5, 5.41) is 6.88. The molecule has 2 aromatic carbocycles. The van der Waals surface area contributed by atoms with Crippen LogP contribution in [-0.2, 0) is 13.0 Å². The highest BCUT2D eigenvalue weighted by molar-refractivity contribution is 6.16. The molecule has 3 heterocycles. The maximum absolute atomic E-state index is 12.8. The summed E-state index contributed by atoms with van der Waals surface area (Å²) in [5.41, 5.74) is 5.41. The Morgan fingerprint density at radius 2 is 1.85 bits per heavy atom. The largest absolute Gasteiger partial charge is 0.488 e. The van der Waals surface area contributed by atoms with Crippen LogP contribution in [0.1, 0.15) is 40.0 Å². The minimum atomic E-state index is 0.0745. The van der Waals surface area contributed by atoms with E-state index in [1.807, 2.05) is 18.2 Å². The molecule has 0 unspecified atom stereocenters. The maximum atomic E-state index is 12.8. The molecule has 1 aromatic heterocycles. The summed E-state index contributed by atoms with van der Waals surface area (Å²) in [4.78, 5) is 22.1. The number of benzene rings is 2. The van der Waals surface area contributed by atoms with Crippen molar-refractivity contribution >= 4 is 17.2 Å². The Morgan fingerprint density at radius 1 is 1.03 bits per heavy atom. The van der Waals surface area contributed by atoms with Crippen molar-refractivity contribution in [1.29, 1.82) is 0 Å². The van der Waals surface area contributed by atoms with Gasteiger partial charge in [0.25, 0.3) is 0 Å². The van der Waals surface area contributed by atoms with Gasteiger partial charge in [-0.05, 0) is 67.7 Å². The van der Waals surface area contributed by atoms with Crippen LogP contribution in [0, 0.1) is 5.92 Å². The van der Waals surface area contributed by atoms with Crippen molar-refractivity contribution in [2.75, 3.05) is 26.2 Å². The van der Waals surface area contributed by atoms with Crippen LogP contribution in [0.4, 0.5) is 5.69 Å². The molecule has 1 atom stereocenters. The highest BCUT2D eigenvalue weighted by atomic mass is 16.5. The normalized spacial score (nSPS) is 17.4. The molecule has 6 nitrogen and oxygen atoms in total. The molecule has 174 valence electrons. The Hall–Kier alpha value is -3.35. The van der Waals surface area contributed by atoms with Gasteiger partial charge in [0.15, 0.2) is 5.78 Å². The number of carbonyl (C=O) groups is 1. The smallest absolute Gasteiger partial charge is 0.170 e. The van der Waals surface area contributed by atoms with Gasteiger partial charge in [-0.15, -0.1) is 0 Å². The van der Waals surface area contributed by atoms with Gasteiger partial charge in [0.2, 0.25) is 0 Å². The van der Waals surface area contributed by atoms with Gasteiger partial charge in [-0.3, -0.25) is 14.8 Å². The van der Waals surface area contributed by atoms with E-state index in [1.54, 1.807) is 12.3 Å². The molecule has 2 N–H and O–H groups in total. The third-order valence-electron chi connectivity index (χ3n) is 6.40. The van der Waals surface area contributed by atoms with Gasteiger partial charge < -0.3 is 15.4 Å². The lowest BCUT2D eigenvalue weighted by atomic mass is 10.00. The quantitative estimate of drug-likeness (QED) is 0.509. The Morgan fingerprint density at radius 3 is 2.65 bits per heavy atom. The van der Waals surface area contributed by atoms with Crippen LogP contribution in [-0.4, -0.2) is 42.7 Å². The lowest BCUT2D eigenvalue weighted by Gasteiger charge is -2.18. The molecule has 3 aromatic rings. The van der Waals surface area contributed by atoms with Crippen LogP contribution in [0.5, 0.6) is 5.75 Å². The summed E-state index contributed by atoms with van der Waals surface area (Å²) < 4.78 is 5.98. The molecule has 6 heteroatoms. The first kappa shape index (κ1) is 22.4. The Bertz CT molecular complexity index is 1150. The average molecular weight is 455 g/mol. The van der Waals surface area contributed by atoms with E-state index in [1.165, 1.54) is 17.5 Å². The van der Waals surface area contributed by atoms with Gasteiger partial charge in [-0.2, -0.15) is 0 Å². The number of aromatic nitrogens is 1. The van der Waals surface area contributed by atoms with Crippen molar-refractivity contribution < 1.29 is 9.53 Å². The minimum absolute atomic E-state index is 0.0745. The average Bonchev–Trinajstić information content (AvgIpc) is 3.38. The monoisotopic (exact) mass is 454 g/mol. The first-order chi connectivity index (χ1) is 16.7. The third-order valence-corrected chi connectivity index (χ3v) is 6.40. The second kappa shape index (κ2) is 10.7. The number of nitrogens with zero attached hydrogens (tertiary/aromatic N) is 2. The lowest BCUT2D eigenvalue weighted by Crippen LogP contribution is -2.25. The summed E-state index contributed by atoms with van der Waals surface area (Å²) in [6.45, 7) is 3.97. The molecule has 2 aliphatic rings. The van der Waals surface area contributed by atoms with Crippen LogP contribution in [0.15, 0.2) is 71.9 Å². The Balaban J connectivity index is 1.21. The first-order valence-corrected chi connectivity index (χ1v) is 12.0. The second-order valence-electron chi connectivity index (χ2n) is 9.02. The van der Waals surface area contributed by atoms with Crippen LogP contribution in [0.25, 0.3) is 0 Å². The molecule has 34 heavy (non-hydrogen) atoms. The molecule has 1 saturated heterocycles. The molecule has 5 rings (SSSR count). The SMILES string of the molecule is O=C1CC(COc2ccc(Cc3ccccc3)cc2)=Nc2c1ccnc2CNC[C@@H]1CCNC1. The fourth-order valence-corrected chi connectivity index (χ4v) is 4.52. The number of nitrogens with one attached hydrogen (secondary N) is 2. The molecule has 0 amide bonds. The number of aliphatic imine (C=N–C) groups is 1. The lowest BCUT2D eigenvalue weighted by molar-refractivity contribution is 0.0998. The first-order valence-electron chi connectivity index (χ1n) is 12.0. The second-order valence-corrected chi connectivity index (χ2v) is 9.02. The third kappa shape index (κ3) is 5.58. The predicted molar refractivity (Wildman–Crippen MR) is 134 cm³/mol. The zero-order valence-corrected chi connectivity index (χ0v) is 19.3. The number of hydrogen-bond acceptors (Lipinski definition) is 6. The van der Waals surface area contributed by atoms with Crippen molar-refractivity contribution in [3.63, 3.8) is 0 Å².